The molecule has 2 nitrogen and oxygen atoms in total. The van der Waals surface area contributed by atoms with E-state index in [2.05, 4.69) is 42.5 Å². The molecule has 1 fully saturated rings. The lowest BCUT2D eigenvalue weighted by Crippen LogP contribution is -2.42. The third-order valence-electron chi connectivity index (χ3n) is 4.01. The molecule has 1 aliphatic carbocycles. The van der Waals surface area contributed by atoms with Crippen LogP contribution >= 0.6 is 11.8 Å². The van der Waals surface area contributed by atoms with Gasteiger partial charge in [0.05, 0.1) is 0 Å². The fourth-order valence-corrected chi connectivity index (χ4v) is 3.19. The molecule has 2 rings (SSSR count). The lowest BCUT2D eigenvalue weighted by molar-refractivity contribution is 0.231. The van der Waals surface area contributed by atoms with Gasteiger partial charge in [0.25, 0.3) is 0 Å². The highest BCUT2D eigenvalue weighted by molar-refractivity contribution is 7.98. The zero-order valence-electron chi connectivity index (χ0n) is 11.4. The predicted octanol–water partition coefficient (Wildman–Crippen LogP) is 2.76. The van der Waals surface area contributed by atoms with Crippen molar-refractivity contribution in [2.45, 2.75) is 42.7 Å². The van der Waals surface area contributed by atoms with E-state index in [-0.39, 0.29) is 0 Å². The van der Waals surface area contributed by atoms with E-state index < -0.39 is 0 Å². The first-order chi connectivity index (χ1) is 8.70. The van der Waals surface area contributed by atoms with E-state index in [0.717, 1.165) is 13.0 Å². The molecule has 1 aromatic carbocycles. The van der Waals surface area contributed by atoms with Crippen molar-refractivity contribution in [1.29, 1.82) is 0 Å². The van der Waals surface area contributed by atoms with Crippen molar-refractivity contribution in [2.24, 2.45) is 5.73 Å². The van der Waals surface area contributed by atoms with Gasteiger partial charge in [-0.2, -0.15) is 0 Å². The zero-order valence-corrected chi connectivity index (χ0v) is 12.2. The van der Waals surface area contributed by atoms with Gasteiger partial charge in [-0.1, -0.05) is 18.6 Å². The summed E-state index contributed by atoms with van der Waals surface area (Å²) >= 11 is 1.80. The summed E-state index contributed by atoms with van der Waals surface area (Å²) < 4.78 is 0. The van der Waals surface area contributed by atoms with E-state index >= 15 is 0 Å². The van der Waals surface area contributed by atoms with Gasteiger partial charge in [-0.15, -0.1) is 11.8 Å². The Labute approximate surface area is 115 Å². The van der Waals surface area contributed by atoms with Crippen LogP contribution in [-0.2, 0) is 6.42 Å². The van der Waals surface area contributed by atoms with E-state index in [0.29, 0.717) is 12.1 Å². The summed E-state index contributed by atoms with van der Waals surface area (Å²) in [5.41, 5.74) is 7.56. The molecular formula is C15H24N2S. The molecule has 2 unspecified atom stereocenters. The maximum absolute atomic E-state index is 6.14. The quantitative estimate of drug-likeness (QED) is 0.829. The first-order valence-corrected chi connectivity index (χ1v) is 8.02. The first kappa shape index (κ1) is 13.9. The van der Waals surface area contributed by atoms with Crippen LogP contribution in [0.4, 0.5) is 0 Å². The number of benzene rings is 1. The summed E-state index contributed by atoms with van der Waals surface area (Å²) in [6.07, 6.45) is 6.98. The summed E-state index contributed by atoms with van der Waals surface area (Å²) in [5.74, 6) is 0. The van der Waals surface area contributed by atoms with Gasteiger partial charge in [0.2, 0.25) is 0 Å². The van der Waals surface area contributed by atoms with Crippen molar-refractivity contribution < 1.29 is 0 Å². The molecule has 0 aliphatic heterocycles. The Hall–Kier alpha value is -0.510. The summed E-state index contributed by atoms with van der Waals surface area (Å²) in [4.78, 5) is 3.78. The molecule has 0 aromatic heterocycles. The second kappa shape index (κ2) is 6.60. The normalized spacial score (nSPS) is 23.8. The molecular weight excluding hydrogens is 240 g/mol. The van der Waals surface area contributed by atoms with Crippen molar-refractivity contribution in [1.82, 2.24) is 4.90 Å². The molecule has 3 heteroatoms. The average Bonchev–Trinajstić information content (AvgIpc) is 2.83. The van der Waals surface area contributed by atoms with Crippen molar-refractivity contribution in [3.63, 3.8) is 0 Å². The van der Waals surface area contributed by atoms with Crippen LogP contribution in [0.5, 0.6) is 0 Å². The van der Waals surface area contributed by atoms with E-state index in [1.165, 1.54) is 29.7 Å². The number of nitrogens with two attached hydrogens (primary N) is 1. The molecule has 0 heterocycles. The Morgan fingerprint density at radius 1 is 1.28 bits per heavy atom. The van der Waals surface area contributed by atoms with Gasteiger partial charge < -0.3 is 10.6 Å². The minimum absolute atomic E-state index is 0.383. The fraction of sp³-hybridized carbons (Fsp3) is 0.600. The van der Waals surface area contributed by atoms with Crippen LogP contribution in [0.1, 0.15) is 24.8 Å². The Morgan fingerprint density at radius 3 is 2.56 bits per heavy atom. The SMILES string of the molecule is CSc1ccc(CCN(C)C2CCCC2N)cc1. The van der Waals surface area contributed by atoms with Gasteiger partial charge in [0, 0.05) is 23.5 Å². The second-order valence-electron chi connectivity index (χ2n) is 5.24. The van der Waals surface area contributed by atoms with Crippen LogP contribution in [0.25, 0.3) is 0 Å². The molecule has 100 valence electrons. The topological polar surface area (TPSA) is 29.3 Å². The van der Waals surface area contributed by atoms with Gasteiger partial charge >= 0.3 is 0 Å². The van der Waals surface area contributed by atoms with E-state index in [9.17, 15) is 0 Å². The van der Waals surface area contributed by atoms with Crippen LogP contribution in [0.2, 0.25) is 0 Å². The third kappa shape index (κ3) is 3.50. The van der Waals surface area contributed by atoms with Crippen LogP contribution in [0.15, 0.2) is 29.2 Å². The molecule has 2 N–H and O–H groups in total. The highest BCUT2D eigenvalue weighted by atomic mass is 32.2. The summed E-state index contributed by atoms with van der Waals surface area (Å²) in [6.45, 7) is 1.11. The third-order valence-corrected chi connectivity index (χ3v) is 4.75. The Morgan fingerprint density at radius 2 is 2.00 bits per heavy atom. The molecule has 1 aliphatic rings. The predicted molar refractivity (Wildman–Crippen MR) is 80.2 cm³/mol. The number of likely N-dealkylation sites (N-methyl/N-ethyl adjacent to an activating group) is 1. The number of hydrogen-bond donors (Lipinski definition) is 1. The molecule has 0 saturated heterocycles. The number of thioether (sulfide) groups is 1. The van der Waals surface area contributed by atoms with Crippen molar-refractivity contribution in [3.05, 3.63) is 29.8 Å². The van der Waals surface area contributed by atoms with E-state index in [4.69, 9.17) is 5.73 Å². The Balaban J connectivity index is 1.83. The van der Waals surface area contributed by atoms with Crippen LogP contribution < -0.4 is 5.73 Å². The summed E-state index contributed by atoms with van der Waals surface area (Å²) in [6, 6.07) is 9.88. The number of hydrogen-bond acceptors (Lipinski definition) is 3. The molecule has 2 atom stereocenters. The minimum atomic E-state index is 0.383. The second-order valence-corrected chi connectivity index (χ2v) is 6.12. The first-order valence-electron chi connectivity index (χ1n) is 6.79. The van der Waals surface area contributed by atoms with Crippen LogP contribution in [0.3, 0.4) is 0 Å². The lowest BCUT2D eigenvalue weighted by atomic mass is 10.1. The van der Waals surface area contributed by atoms with Gasteiger partial charge in [-0.05, 0) is 50.3 Å². The molecule has 1 saturated carbocycles. The molecule has 18 heavy (non-hydrogen) atoms. The zero-order chi connectivity index (χ0) is 13.0. The van der Waals surface area contributed by atoms with Gasteiger partial charge in [-0.3, -0.25) is 0 Å². The van der Waals surface area contributed by atoms with Crippen LogP contribution in [-0.4, -0.2) is 36.8 Å². The van der Waals surface area contributed by atoms with Crippen molar-refractivity contribution >= 4 is 11.8 Å². The largest absolute Gasteiger partial charge is 0.326 e. The average molecular weight is 264 g/mol. The molecule has 0 bridgehead atoms. The molecule has 0 amide bonds. The van der Waals surface area contributed by atoms with Crippen molar-refractivity contribution in [3.8, 4) is 0 Å². The van der Waals surface area contributed by atoms with Gasteiger partial charge in [0.1, 0.15) is 0 Å². The molecule has 0 radical (unpaired) electrons. The molecule has 0 spiro atoms. The summed E-state index contributed by atoms with van der Waals surface area (Å²) in [5, 5.41) is 0. The smallest absolute Gasteiger partial charge is 0.0244 e. The van der Waals surface area contributed by atoms with Crippen molar-refractivity contribution in [2.75, 3.05) is 19.8 Å². The minimum Gasteiger partial charge on any atom is -0.326 e. The van der Waals surface area contributed by atoms with Gasteiger partial charge in [-0.25, -0.2) is 0 Å². The fourth-order valence-electron chi connectivity index (χ4n) is 2.78. The Bertz CT molecular complexity index is 363. The maximum atomic E-state index is 6.14. The van der Waals surface area contributed by atoms with Crippen LogP contribution in [0, 0.1) is 0 Å². The van der Waals surface area contributed by atoms with E-state index in [1.807, 2.05) is 0 Å². The number of rotatable bonds is 5. The monoisotopic (exact) mass is 264 g/mol. The van der Waals surface area contributed by atoms with E-state index in [1.54, 1.807) is 11.8 Å². The number of nitrogens with zero attached hydrogens (tertiary/aromatic N) is 1. The maximum Gasteiger partial charge on any atom is 0.0244 e. The highest BCUT2D eigenvalue weighted by Gasteiger charge is 2.26. The Kier molecular flexibility index (Phi) is 5.10. The molecule has 1 aromatic rings. The summed E-state index contributed by atoms with van der Waals surface area (Å²) in [7, 11) is 2.21. The van der Waals surface area contributed by atoms with Gasteiger partial charge in [0.15, 0.2) is 0 Å². The lowest BCUT2D eigenvalue weighted by Gasteiger charge is -2.27. The highest BCUT2D eigenvalue weighted by Crippen LogP contribution is 2.22. The standard InChI is InChI=1S/C15H24N2S/c1-17(15-5-3-4-14(15)16)11-10-12-6-8-13(18-2)9-7-12/h6-9,14-15H,3-5,10-11,16H2,1-2H3.